The van der Waals surface area contributed by atoms with Crippen molar-refractivity contribution in [3.63, 3.8) is 0 Å². The van der Waals surface area contributed by atoms with Gasteiger partial charge in [0, 0.05) is 32.4 Å². The predicted molar refractivity (Wildman–Crippen MR) is 112 cm³/mol. The van der Waals surface area contributed by atoms with Crippen LogP contribution in [0.3, 0.4) is 0 Å². The molecule has 1 amide bonds. The lowest BCUT2D eigenvalue weighted by molar-refractivity contribution is -0.121. The van der Waals surface area contributed by atoms with Crippen molar-refractivity contribution in [2.24, 2.45) is 0 Å². The maximum absolute atomic E-state index is 13.8. The van der Waals surface area contributed by atoms with E-state index in [4.69, 9.17) is 4.74 Å². The molecule has 1 N–H and O–H groups in total. The van der Waals surface area contributed by atoms with Gasteiger partial charge >= 0.3 is 0 Å². The third-order valence-electron chi connectivity index (χ3n) is 5.08. The van der Waals surface area contributed by atoms with Crippen LogP contribution in [0.4, 0.5) is 4.39 Å². The van der Waals surface area contributed by atoms with E-state index in [1.165, 1.54) is 12.1 Å². The number of nitrogens with zero attached hydrogens (tertiary/aromatic N) is 1. The molecule has 162 valence electrons. The first kappa shape index (κ1) is 22.4. The van der Waals surface area contributed by atoms with Gasteiger partial charge in [0.25, 0.3) is 0 Å². The zero-order valence-corrected chi connectivity index (χ0v) is 18.0. The van der Waals surface area contributed by atoms with Gasteiger partial charge in [0.1, 0.15) is 5.82 Å². The Kier molecular flexibility index (Phi) is 7.23. The molecule has 0 radical (unpaired) electrons. The molecule has 0 aliphatic carbocycles. The molecule has 0 aromatic heterocycles. The van der Waals surface area contributed by atoms with Gasteiger partial charge in [-0.05, 0) is 41.8 Å². The molecule has 1 atom stereocenters. The molecule has 1 saturated heterocycles. The Morgan fingerprint density at radius 2 is 2.03 bits per heavy atom. The summed E-state index contributed by atoms with van der Waals surface area (Å²) in [5.41, 5.74) is 2.18. The maximum Gasteiger partial charge on any atom is 0.224 e. The fourth-order valence-corrected chi connectivity index (χ4v) is 4.09. The van der Waals surface area contributed by atoms with Crippen LogP contribution in [-0.2, 0) is 32.3 Å². The van der Waals surface area contributed by atoms with Crippen molar-refractivity contribution in [3.8, 4) is 0 Å². The predicted octanol–water partition coefficient (Wildman–Crippen LogP) is 2.10. The summed E-state index contributed by atoms with van der Waals surface area (Å²) in [6.45, 7) is 4.67. The highest BCUT2D eigenvalue weighted by atomic mass is 32.2. The second kappa shape index (κ2) is 9.68. The summed E-state index contributed by atoms with van der Waals surface area (Å²) in [6.07, 6.45) is 1.09. The second-order valence-corrected chi connectivity index (χ2v) is 9.73. The minimum atomic E-state index is -3.31. The van der Waals surface area contributed by atoms with Gasteiger partial charge in [-0.1, -0.05) is 24.3 Å². The summed E-state index contributed by atoms with van der Waals surface area (Å²) in [4.78, 5) is 14.7. The van der Waals surface area contributed by atoms with Crippen molar-refractivity contribution >= 4 is 15.7 Å². The molecule has 3 rings (SSSR count). The van der Waals surface area contributed by atoms with E-state index in [1.807, 2.05) is 6.07 Å². The highest BCUT2D eigenvalue weighted by Crippen LogP contribution is 2.14. The molecular formula is C22H27FN2O4S. The minimum Gasteiger partial charge on any atom is -0.374 e. The van der Waals surface area contributed by atoms with Crippen molar-refractivity contribution in [1.82, 2.24) is 10.2 Å². The normalized spacial score (nSPS) is 17.6. The third kappa shape index (κ3) is 6.35. The number of carbonyl (C=O) groups excluding carboxylic acids is 1. The molecule has 8 heteroatoms. The van der Waals surface area contributed by atoms with Crippen LogP contribution >= 0.6 is 0 Å². The van der Waals surface area contributed by atoms with E-state index in [2.05, 4.69) is 10.2 Å². The highest BCUT2D eigenvalue weighted by Gasteiger charge is 2.21. The summed E-state index contributed by atoms with van der Waals surface area (Å²) in [5, 5.41) is 2.86. The van der Waals surface area contributed by atoms with Crippen molar-refractivity contribution in [1.29, 1.82) is 0 Å². The summed E-state index contributed by atoms with van der Waals surface area (Å²) < 4.78 is 42.8. The van der Waals surface area contributed by atoms with E-state index in [1.54, 1.807) is 31.2 Å². The van der Waals surface area contributed by atoms with Gasteiger partial charge in [0.15, 0.2) is 9.84 Å². The number of rotatable bonds is 7. The first-order valence-electron chi connectivity index (χ1n) is 9.85. The van der Waals surface area contributed by atoms with Crippen LogP contribution < -0.4 is 5.32 Å². The Morgan fingerprint density at radius 1 is 1.23 bits per heavy atom. The maximum atomic E-state index is 13.8. The average Bonchev–Trinajstić information content (AvgIpc) is 2.69. The summed E-state index contributed by atoms with van der Waals surface area (Å²) in [5.74, 6) is -0.397. The van der Waals surface area contributed by atoms with E-state index in [0.29, 0.717) is 37.4 Å². The molecule has 1 aliphatic heterocycles. The number of nitrogens with one attached hydrogen (secondary N) is 1. The fraction of sp³-hybridized carbons (Fsp3) is 0.409. The van der Waals surface area contributed by atoms with E-state index in [0.717, 1.165) is 18.4 Å². The first-order chi connectivity index (χ1) is 14.2. The van der Waals surface area contributed by atoms with Gasteiger partial charge in [-0.3, -0.25) is 9.69 Å². The van der Waals surface area contributed by atoms with Crippen molar-refractivity contribution < 1.29 is 22.3 Å². The van der Waals surface area contributed by atoms with E-state index < -0.39 is 9.84 Å². The lowest BCUT2D eigenvalue weighted by atomic mass is 10.1. The Bertz CT molecular complexity index is 1010. The van der Waals surface area contributed by atoms with Crippen LogP contribution in [0.5, 0.6) is 0 Å². The van der Waals surface area contributed by atoms with Gasteiger partial charge in [-0.15, -0.1) is 0 Å². The molecular weight excluding hydrogens is 407 g/mol. The Morgan fingerprint density at radius 3 is 2.77 bits per heavy atom. The third-order valence-corrected chi connectivity index (χ3v) is 6.19. The number of ether oxygens (including phenoxy) is 1. The standard InChI is InChI=1S/C22H27FN2O4S/c1-16-6-7-18(11-21(16)23)14-25-8-9-29-19(15-25)13-24-22(26)12-17-4-3-5-20(10-17)30(2,27)28/h3-7,10-11,19H,8-9,12-15H2,1-2H3,(H,24,26)/t19-/m0/s1. The van der Waals surface area contributed by atoms with Gasteiger partial charge in [-0.2, -0.15) is 0 Å². The topological polar surface area (TPSA) is 75.7 Å². The highest BCUT2D eigenvalue weighted by molar-refractivity contribution is 7.90. The van der Waals surface area contributed by atoms with Crippen molar-refractivity contribution in [2.75, 3.05) is 32.5 Å². The van der Waals surface area contributed by atoms with Crippen LogP contribution in [0.1, 0.15) is 16.7 Å². The number of morpholine rings is 1. The molecule has 1 aliphatic rings. The van der Waals surface area contributed by atoms with E-state index >= 15 is 0 Å². The van der Waals surface area contributed by atoms with Crippen LogP contribution in [-0.4, -0.2) is 57.8 Å². The van der Waals surface area contributed by atoms with E-state index in [9.17, 15) is 17.6 Å². The Balaban J connectivity index is 1.49. The molecule has 2 aromatic rings. The fourth-order valence-electron chi connectivity index (χ4n) is 3.40. The quantitative estimate of drug-likeness (QED) is 0.722. The lowest BCUT2D eigenvalue weighted by Gasteiger charge is -2.33. The van der Waals surface area contributed by atoms with Gasteiger partial charge in [0.05, 0.1) is 24.0 Å². The van der Waals surface area contributed by atoms with Crippen LogP contribution in [0.2, 0.25) is 0 Å². The largest absolute Gasteiger partial charge is 0.374 e. The van der Waals surface area contributed by atoms with Crippen LogP contribution in [0, 0.1) is 12.7 Å². The lowest BCUT2D eigenvalue weighted by Crippen LogP contribution is -2.47. The second-order valence-electron chi connectivity index (χ2n) is 7.71. The summed E-state index contributed by atoms with van der Waals surface area (Å²) in [7, 11) is -3.31. The van der Waals surface area contributed by atoms with E-state index in [-0.39, 0.29) is 29.1 Å². The van der Waals surface area contributed by atoms with Gasteiger partial charge < -0.3 is 10.1 Å². The summed E-state index contributed by atoms with van der Waals surface area (Å²) >= 11 is 0. The molecule has 1 fully saturated rings. The van der Waals surface area contributed by atoms with Crippen molar-refractivity contribution in [2.45, 2.75) is 30.9 Å². The molecule has 6 nitrogen and oxygen atoms in total. The molecule has 1 heterocycles. The monoisotopic (exact) mass is 434 g/mol. The SMILES string of the molecule is Cc1ccc(CN2CCO[C@@H](CNC(=O)Cc3cccc(S(C)(=O)=O)c3)C2)cc1F. The van der Waals surface area contributed by atoms with Crippen LogP contribution in [0.25, 0.3) is 0 Å². The minimum absolute atomic E-state index is 0.0996. The zero-order chi connectivity index (χ0) is 21.7. The van der Waals surface area contributed by atoms with Crippen molar-refractivity contribution in [3.05, 3.63) is 65.0 Å². The van der Waals surface area contributed by atoms with Crippen LogP contribution in [0.15, 0.2) is 47.4 Å². The number of benzene rings is 2. The number of hydrogen-bond donors (Lipinski definition) is 1. The summed E-state index contributed by atoms with van der Waals surface area (Å²) in [6, 6.07) is 11.7. The van der Waals surface area contributed by atoms with Gasteiger partial charge in [-0.25, -0.2) is 12.8 Å². The first-order valence-corrected chi connectivity index (χ1v) is 11.7. The number of hydrogen-bond acceptors (Lipinski definition) is 5. The smallest absolute Gasteiger partial charge is 0.224 e. The van der Waals surface area contributed by atoms with Gasteiger partial charge in [0.2, 0.25) is 5.91 Å². The molecule has 30 heavy (non-hydrogen) atoms. The molecule has 0 bridgehead atoms. The Labute approximate surface area is 177 Å². The Hall–Kier alpha value is -2.29. The molecule has 0 unspecified atom stereocenters. The molecule has 0 saturated carbocycles. The molecule has 0 spiro atoms. The zero-order valence-electron chi connectivity index (χ0n) is 17.2. The number of amides is 1. The number of halogens is 1. The average molecular weight is 435 g/mol. The molecule has 2 aromatic carbocycles. The number of sulfone groups is 1. The number of aryl methyl sites for hydroxylation is 1. The number of carbonyl (C=O) groups is 1.